The van der Waals surface area contributed by atoms with Crippen LogP contribution >= 0.6 is 11.6 Å². The predicted molar refractivity (Wildman–Crippen MR) is 119 cm³/mol. The Morgan fingerprint density at radius 3 is 2.75 bits per heavy atom. The maximum Gasteiger partial charge on any atom is 0.321 e. The number of hydrogen-bond acceptors (Lipinski definition) is 7. The van der Waals surface area contributed by atoms with Gasteiger partial charge in [-0.15, -0.1) is 5.10 Å². The lowest BCUT2D eigenvalue weighted by atomic mass is 9.92. The Morgan fingerprint density at radius 2 is 2.03 bits per heavy atom. The molecule has 3 aromatic rings. The highest BCUT2D eigenvalue weighted by Gasteiger charge is 2.42. The molecule has 0 radical (unpaired) electrons. The van der Waals surface area contributed by atoms with Gasteiger partial charge < -0.3 is 19.7 Å². The molecule has 32 heavy (non-hydrogen) atoms. The lowest BCUT2D eigenvalue weighted by Crippen LogP contribution is -2.48. The van der Waals surface area contributed by atoms with Crippen LogP contribution in [0.4, 0.5) is 16.0 Å². The molecule has 3 atom stereocenters. The van der Waals surface area contributed by atoms with E-state index < -0.39 is 12.8 Å². The van der Waals surface area contributed by atoms with Gasteiger partial charge in [0.1, 0.15) is 11.6 Å². The molecule has 1 unspecified atom stereocenters. The highest BCUT2D eigenvalue weighted by Crippen LogP contribution is 2.40. The van der Waals surface area contributed by atoms with Crippen molar-refractivity contribution >= 4 is 23.2 Å². The Hall–Kier alpha value is -3.07. The third-order valence-corrected chi connectivity index (χ3v) is 6.39. The number of methoxy groups -OCH3 is 1. The average Bonchev–Trinajstić information content (AvgIpc) is 3.32. The molecule has 1 aliphatic carbocycles. The number of halogens is 2. The Morgan fingerprint density at radius 1 is 1.22 bits per heavy atom. The fraction of sp³-hybridized carbons (Fsp3) is 0.409. The SMILES string of the molecule is [2H]C([2H])([2H])n1nc(NC2[C@@H]3CC[C@H]2CN(c2ccnc(OC)c2)C3)nc1Oc1ccc(F)c(Cl)c1. The second-order valence-corrected chi connectivity index (χ2v) is 8.44. The number of rotatable bonds is 6. The smallest absolute Gasteiger partial charge is 0.321 e. The van der Waals surface area contributed by atoms with Crippen LogP contribution in [0.15, 0.2) is 36.5 Å². The second kappa shape index (κ2) is 8.46. The maximum absolute atomic E-state index is 13.5. The van der Waals surface area contributed by atoms with Gasteiger partial charge in [-0.3, -0.25) is 0 Å². The van der Waals surface area contributed by atoms with E-state index in [1.807, 2.05) is 12.1 Å². The van der Waals surface area contributed by atoms with Crippen molar-refractivity contribution in [3.05, 3.63) is 47.4 Å². The van der Waals surface area contributed by atoms with E-state index in [2.05, 4.69) is 25.3 Å². The number of anilines is 2. The zero-order valence-electron chi connectivity index (χ0n) is 20.3. The second-order valence-electron chi connectivity index (χ2n) is 8.04. The number of ether oxygens (including phenoxy) is 2. The summed E-state index contributed by atoms with van der Waals surface area (Å²) < 4.78 is 48.6. The molecule has 2 fully saturated rings. The summed E-state index contributed by atoms with van der Waals surface area (Å²) in [4.78, 5) is 10.8. The number of fused-ring (bicyclic) bond motifs is 2. The number of nitrogens with one attached hydrogen (secondary N) is 1. The van der Waals surface area contributed by atoms with Crippen LogP contribution in [0.1, 0.15) is 17.0 Å². The number of pyridine rings is 1. The van der Waals surface area contributed by atoms with Crippen molar-refractivity contribution in [2.24, 2.45) is 18.8 Å². The van der Waals surface area contributed by atoms with E-state index in [-0.39, 0.29) is 28.8 Å². The van der Waals surface area contributed by atoms with Crippen molar-refractivity contribution in [1.29, 1.82) is 0 Å². The molecule has 1 aliphatic heterocycles. The minimum atomic E-state index is -2.62. The number of hydrogen-bond donors (Lipinski definition) is 1. The highest BCUT2D eigenvalue weighted by atomic mass is 35.5. The van der Waals surface area contributed by atoms with Crippen LogP contribution in [0.5, 0.6) is 17.6 Å². The predicted octanol–water partition coefficient (Wildman–Crippen LogP) is 4.13. The molecule has 2 bridgehead atoms. The van der Waals surface area contributed by atoms with Crippen molar-refractivity contribution in [1.82, 2.24) is 19.7 Å². The number of benzene rings is 1. The lowest BCUT2D eigenvalue weighted by molar-refractivity contribution is 0.374. The zero-order valence-corrected chi connectivity index (χ0v) is 18.1. The summed E-state index contributed by atoms with van der Waals surface area (Å²) in [7, 11) is 1.60. The van der Waals surface area contributed by atoms with Crippen molar-refractivity contribution in [3.8, 4) is 17.6 Å². The van der Waals surface area contributed by atoms with Crippen LogP contribution in [0.2, 0.25) is 5.02 Å². The molecule has 10 heteroatoms. The molecule has 8 nitrogen and oxygen atoms in total. The topological polar surface area (TPSA) is 77.3 Å². The molecule has 5 rings (SSSR count). The van der Waals surface area contributed by atoms with E-state index in [1.54, 1.807) is 13.3 Å². The van der Waals surface area contributed by atoms with Gasteiger partial charge in [-0.25, -0.2) is 14.1 Å². The summed E-state index contributed by atoms with van der Waals surface area (Å²) in [5.74, 6) is 0.947. The molecule has 1 N–H and O–H groups in total. The van der Waals surface area contributed by atoms with Gasteiger partial charge in [-0.05, 0) is 42.9 Å². The Bertz CT molecular complexity index is 1210. The fourth-order valence-corrected chi connectivity index (χ4v) is 4.77. The molecule has 2 aliphatic rings. The van der Waals surface area contributed by atoms with Crippen LogP contribution < -0.4 is 19.7 Å². The fourth-order valence-electron chi connectivity index (χ4n) is 4.60. The van der Waals surface area contributed by atoms with Gasteiger partial charge >= 0.3 is 6.01 Å². The molecular formula is C22H24ClFN6O2. The lowest BCUT2D eigenvalue weighted by Gasteiger charge is -2.39. The highest BCUT2D eigenvalue weighted by molar-refractivity contribution is 6.30. The molecule has 0 amide bonds. The van der Waals surface area contributed by atoms with Crippen LogP contribution in [0.3, 0.4) is 0 Å². The van der Waals surface area contributed by atoms with E-state index >= 15 is 0 Å². The maximum atomic E-state index is 13.5. The Labute approximate surface area is 194 Å². The van der Waals surface area contributed by atoms with Crippen molar-refractivity contribution in [3.63, 3.8) is 0 Å². The van der Waals surface area contributed by atoms with Crippen molar-refractivity contribution in [2.45, 2.75) is 18.9 Å². The molecular weight excluding hydrogens is 435 g/mol. The van der Waals surface area contributed by atoms with Gasteiger partial charge in [0, 0.05) is 54.2 Å². The van der Waals surface area contributed by atoms with Gasteiger partial charge in [0.2, 0.25) is 11.8 Å². The van der Waals surface area contributed by atoms with E-state index in [9.17, 15) is 4.39 Å². The molecule has 3 heterocycles. The molecule has 168 valence electrons. The number of aryl methyl sites for hydroxylation is 1. The minimum absolute atomic E-state index is 0.0931. The van der Waals surface area contributed by atoms with Gasteiger partial charge in [0.25, 0.3) is 0 Å². The van der Waals surface area contributed by atoms with E-state index in [0.29, 0.717) is 17.7 Å². The molecule has 1 saturated heterocycles. The summed E-state index contributed by atoms with van der Waals surface area (Å²) in [6, 6.07) is 7.50. The normalized spacial score (nSPS) is 23.9. The summed E-state index contributed by atoms with van der Waals surface area (Å²) in [6.07, 6.45) is 3.82. The third kappa shape index (κ3) is 4.04. The Kier molecular flexibility index (Phi) is 4.62. The number of piperidine rings is 1. The monoisotopic (exact) mass is 461 g/mol. The molecule has 1 saturated carbocycles. The first-order chi connectivity index (χ1) is 16.7. The van der Waals surface area contributed by atoms with Crippen LogP contribution in [-0.2, 0) is 6.98 Å². The molecule has 1 aromatic carbocycles. The van der Waals surface area contributed by atoms with E-state index in [0.717, 1.165) is 42.4 Å². The first-order valence-electron chi connectivity index (χ1n) is 11.8. The largest absolute Gasteiger partial charge is 0.481 e. The molecule has 2 aromatic heterocycles. The molecule has 0 spiro atoms. The van der Waals surface area contributed by atoms with Gasteiger partial charge in [-0.1, -0.05) is 11.6 Å². The quantitative estimate of drug-likeness (QED) is 0.591. The van der Waals surface area contributed by atoms with Gasteiger partial charge in [-0.2, -0.15) is 4.98 Å². The van der Waals surface area contributed by atoms with Crippen LogP contribution in [0, 0.1) is 17.7 Å². The van der Waals surface area contributed by atoms with E-state index in [1.165, 1.54) is 12.1 Å². The number of nitrogens with zero attached hydrogens (tertiary/aromatic N) is 5. The van der Waals surface area contributed by atoms with Crippen LogP contribution in [-0.4, -0.2) is 46.0 Å². The van der Waals surface area contributed by atoms with Crippen molar-refractivity contribution < 1.29 is 18.0 Å². The summed E-state index contributed by atoms with van der Waals surface area (Å²) in [5, 5.41) is 7.38. The number of aromatic nitrogens is 4. The van der Waals surface area contributed by atoms with Crippen LogP contribution in [0.25, 0.3) is 0 Å². The summed E-state index contributed by atoms with van der Waals surface area (Å²) in [5.41, 5.74) is 1.06. The van der Waals surface area contributed by atoms with Gasteiger partial charge in [0.15, 0.2) is 0 Å². The summed E-state index contributed by atoms with van der Waals surface area (Å²) in [6.45, 7) is -0.952. The first-order valence-corrected chi connectivity index (χ1v) is 10.7. The minimum Gasteiger partial charge on any atom is -0.481 e. The van der Waals surface area contributed by atoms with E-state index in [4.69, 9.17) is 25.2 Å². The first kappa shape index (κ1) is 17.5. The third-order valence-electron chi connectivity index (χ3n) is 6.10. The van der Waals surface area contributed by atoms with Crippen molar-refractivity contribution in [2.75, 3.05) is 30.4 Å². The Balaban J connectivity index is 1.34. The zero-order chi connectivity index (χ0) is 24.7. The summed E-state index contributed by atoms with van der Waals surface area (Å²) >= 11 is 5.82. The standard InChI is InChI=1S/C22H24ClFN6O2/c1-29-22(32-16-5-6-18(24)17(23)10-16)27-21(28-29)26-20-13-3-4-14(20)12-30(11-13)15-7-8-25-19(9-15)31-2/h5-10,13-14,20H,3-4,11-12H2,1-2H3,(H,26,28)/t13-,14+,20?/i1D3. The average molecular weight is 462 g/mol. The van der Waals surface area contributed by atoms with Gasteiger partial charge in [0.05, 0.1) is 12.1 Å².